The molecular weight excluding hydrogens is 347 g/mol. The minimum atomic E-state index is -1.17. The molecule has 0 spiro atoms. The molecule has 0 fully saturated rings. The fourth-order valence-corrected chi connectivity index (χ4v) is 2.37. The Bertz CT molecular complexity index is 659. The van der Waals surface area contributed by atoms with Gasteiger partial charge < -0.3 is 10.1 Å². The molecule has 0 aliphatic heterocycles. The number of rotatable bonds is 5. The van der Waals surface area contributed by atoms with E-state index in [1.54, 1.807) is 20.8 Å². The monoisotopic (exact) mass is 370 g/mol. The van der Waals surface area contributed by atoms with Crippen LogP contribution in [0.15, 0.2) is 18.2 Å². The Labute approximate surface area is 150 Å². The van der Waals surface area contributed by atoms with Crippen LogP contribution in [0.2, 0.25) is 0 Å². The van der Waals surface area contributed by atoms with E-state index in [2.05, 4.69) is 10.6 Å². The molecule has 2 N–H and O–H groups in total. The van der Waals surface area contributed by atoms with Crippen LogP contribution in [-0.4, -0.2) is 35.8 Å². The van der Waals surface area contributed by atoms with Gasteiger partial charge in [0.15, 0.2) is 6.10 Å². The van der Waals surface area contributed by atoms with Gasteiger partial charge in [-0.05, 0) is 57.7 Å². The van der Waals surface area contributed by atoms with E-state index >= 15 is 0 Å². The number of esters is 1. The topological polar surface area (TPSA) is 84.5 Å². The maximum absolute atomic E-state index is 13.6. The van der Waals surface area contributed by atoms with Gasteiger partial charge in [-0.25, -0.2) is 14.0 Å². The van der Waals surface area contributed by atoms with Crippen molar-refractivity contribution in [3.05, 3.63) is 35.1 Å². The van der Waals surface area contributed by atoms with Crippen LogP contribution in [0, 0.1) is 5.82 Å². The molecule has 8 heteroatoms. The van der Waals surface area contributed by atoms with Crippen LogP contribution in [0.1, 0.15) is 43.6 Å². The Morgan fingerprint density at radius 1 is 1.28 bits per heavy atom. The molecule has 0 aliphatic carbocycles. The zero-order valence-corrected chi connectivity index (χ0v) is 15.8. The first-order chi connectivity index (χ1) is 11.5. The second-order valence-corrected chi connectivity index (χ2v) is 7.35. The van der Waals surface area contributed by atoms with Gasteiger partial charge in [0.25, 0.3) is 5.91 Å². The normalized spacial score (nSPS) is 12.2. The predicted molar refractivity (Wildman–Crippen MR) is 94.9 cm³/mol. The molecule has 6 nitrogen and oxygen atoms in total. The second kappa shape index (κ2) is 8.84. The number of imide groups is 1. The average molecular weight is 370 g/mol. The minimum Gasteiger partial charge on any atom is -0.449 e. The van der Waals surface area contributed by atoms with Crippen molar-refractivity contribution in [1.82, 2.24) is 10.6 Å². The SMILES string of the molecule is CSCc1cc(C(=O)O[C@@H](C)C(=O)NC(=O)NC(C)(C)C)ccc1F. The van der Waals surface area contributed by atoms with Crippen LogP contribution in [-0.2, 0) is 15.3 Å². The van der Waals surface area contributed by atoms with Crippen molar-refractivity contribution in [2.24, 2.45) is 0 Å². The van der Waals surface area contributed by atoms with E-state index in [4.69, 9.17) is 4.74 Å². The molecule has 1 atom stereocenters. The lowest BCUT2D eigenvalue weighted by Gasteiger charge is -2.21. The highest BCUT2D eigenvalue weighted by Gasteiger charge is 2.23. The molecule has 1 aromatic rings. The van der Waals surface area contributed by atoms with E-state index in [1.165, 1.54) is 36.9 Å². The van der Waals surface area contributed by atoms with Crippen molar-refractivity contribution in [2.45, 2.75) is 45.1 Å². The number of carbonyl (C=O) groups is 3. The molecule has 0 radical (unpaired) electrons. The van der Waals surface area contributed by atoms with Gasteiger partial charge in [-0.3, -0.25) is 10.1 Å². The highest BCUT2D eigenvalue weighted by atomic mass is 32.2. The lowest BCUT2D eigenvalue weighted by Crippen LogP contribution is -2.50. The number of amides is 3. The summed E-state index contributed by atoms with van der Waals surface area (Å²) in [6, 6.07) is 3.19. The quantitative estimate of drug-likeness (QED) is 0.779. The summed E-state index contributed by atoms with van der Waals surface area (Å²) in [5, 5.41) is 4.67. The number of benzene rings is 1. The maximum atomic E-state index is 13.6. The van der Waals surface area contributed by atoms with Gasteiger partial charge in [-0.2, -0.15) is 11.8 Å². The van der Waals surface area contributed by atoms with E-state index in [1.807, 2.05) is 6.26 Å². The summed E-state index contributed by atoms with van der Waals surface area (Å²) in [5.74, 6) is -1.51. The van der Waals surface area contributed by atoms with Crippen molar-refractivity contribution >= 4 is 29.7 Å². The van der Waals surface area contributed by atoms with Gasteiger partial charge in [-0.15, -0.1) is 0 Å². The first kappa shape index (κ1) is 21.0. The Balaban J connectivity index is 2.68. The van der Waals surface area contributed by atoms with Gasteiger partial charge in [-0.1, -0.05) is 0 Å². The third kappa shape index (κ3) is 7.13. The highest BCUT2D eigenvalue weighted by molar-refractivity contribution is 7.97. The molecule has 0 saturated carbocycles. The Morgan fingerprint density at radius 2 is 1.92 bits per heavy atom. The van der Waals surface area contributed by atoms with Gasteiger partial charge in [0, 0.05) is 11.3 Å². The van der Waals surface area contributed by atoms with Crippen LogP contribution >= 0.6 is 11.8 Å². The fraction of sp³-hybridized carbons (Fsp3) is 0.471. The number of halogens is 1. The van der Waals surface area contributed by atoms with Crippen LogP contribution in [0.25, 0.3) is 0 Å². The molecule has 0 saturated heterocycles. The third-order valence-corrected chi connectivity index (χ3v) is 3.56. The Morgan fingerprint density at radius 3 is 2.48 bits per heavy atom. The van der Waals surface area contributed by atoms with Crippen molar-refractivity contribution < 1.29 is 23.5 Å². The number of hydrogen-bond acceptors (Lipinski definition) is 5. The summed E-state index contributed by atoms with van der Waals surface area (Å²) in [6.07, 6.45) is 0.645. The van der Waals surface area contributed by atoms with Crippen LogP contribution < -0.4 is 10.6 Å². The third-order valence-electron chi connectivity index (χ3n) is 2.96. The fourth-order valence-electron chi connectivity index (χ4n) is 1.84. The van der Waals surface area contributed by atoms with Gasteiger partial charge in [0.2, 0.25) is 0 Å². The molecule has 0 heterocycles. The summed E-state index contributed by atoms with van der Waals surface area (Å²) in [4.78, 5) is 35.7. The van der Waals surface area contributed by atoms with Crippen molar-refractivity contribution in [3.63, 3.8) is 0 Å². The largest absolute Gasteiger partial charge is 0.449 e. The first-order valence-electron chi connectivity index (χ1n) is 7.65. The Hall–Kier alpha value is -2.09. The zero-order valence-electron chi connectivity index (χ0n) is 14.9. The summed E-state index contributed by atoms with van der Waals surface area (Å²) in [7, 11) is 0. The number of carbonyl (C=O) groups excluding carboxylic acids is 3. The second-order valence-electron chi connectivity index (χ2n) is 6.48. The average Bonchev–Trinajstić information content (AvgIpc) is 2.47. The molecule has 1 rings (SSSR count). The maximum Gasteiger partial charge on any atom is 0.338 e. The summed E-state index contributed by atoms with van der Waals surface area (Å²) < 4.78 is 18.7. The van der Waals surface area contributed by atoms with Gasteiger partial charge in [0.1, 0.15) is 5.82 Å². The molecule has 0 aromatic heterocycles. The molecule has 0 unspecified atom stereocenters. The van der Waals surface area contributed by atoms with E-state index in [-0.39, 0.29) is 5.56 Å². The molecule has 1 aromatic carbocycles. The van der Waals surface area contributed by atoms with Crippen molar-refractivity contribution in [3.8, 4) is 0 Å². The summed E-state index contributed by atoms with van der Waals surface area (Å²) in [6.45, 7) is 6.65. The van der Waals surface area contributed by atoms with E-state index in [9.17, 15) is 18.8 Å². The zero-order chi connectivity index (χ0) is 19.2. The summed E-state index contributed by atoms with van der Waals surface area (Å²) >= 11 is 1.42. The molecule has 0 aliphatic rings. The summed E-state index contributed by atoms with van der Waals surface area (Å²) in [5.41, 5.74) is 0.0133. The molecule has 138 valence electrons. The predicted octanol–water partition coefficient (Wildman–Crippen LogP) is 2.86. The van der Waals surface area contributed by atoms with Crippen LogP contribution in [0.4, 0.5) is 9.18 Å². The van der Waals surface area contributed by atoms with E-state index in [0.29, 0.717) is 11.3 Å². The smallest absolute Gasteiger partial charge is 0.338 e. The number of thioether (sulfide) groups is 1. The van der Waals surface area contributed by atoms with Crippen molar-refractivity contribution in [2.75, 3.05) is 6.26 Å². The van der Waals surface area contributed by atoms with Crippen LogP contribution in [0.3, 0.4) is 0 Å². The number of urea groups is 1. The van der Waals surface area contributed by atoms with Crippen molar-refractivity contribution in [1.29, 1.82) is 0 Å². The minimum absolute atomic E-state index is 0.143. The lowest BCUT2D eigenvalue weighted by atomic mass is 10.1. The molecule has 25 heavy (non-hydrogen) atoms. The number of ether oxygens (including phenoxy) is 1. The molecular formula is C17H23FN2O4S. The number of hydrogen-bond donors (Lipinski definition) is 2. The van der Waals surface area contributed by atoms with E-state index < -0.39 is 35.4 Å². The first-order valence-corrected chi connectivity index (χ1v) is 9.04. The van der Waals surface area contributed by atoms with Gasteiger partial charge in [0.05, 0.1) is 5.56 Å². The Kier molecular flexibility index (Phi) is 7.41. The van der Waals surface area contributed by atoms with Crippen LogP contribution in [0.5, 0.6) is 0 Å². The lowest BCUT2D eigenvalue weighted by molar-refractivity contribution is -0.127. The highest BCUT2D eigenvalue weighted by Crippen LogP contribution is 2.17. The number of nitrogens with one attached hydrogen (secondary N) is 2. The standard InChI is InChI=1S/C17H23FN2O4S/c1-10(14(21)19-16(23)20-17(2,3)4)24-15(22)11-6-7-13(18)12(8-11)9-25-5/h6-8,10H,9H2,1-5H3,(H2,19,20,21,23)/t10-/m0/s1. The van der Waals surface area contributed by atoms with E-state index in [0.717, 1.165) is 0 Å². The molecule has 0 bridgehead atoms. The molecule has 3 amide bonds. The van der Waals surface area contributed by atoms with Gasteiger partial charge >= 0.3 is 12.0 Å².